The fourth-order valence-corrected chi connectivity index (χ4v) is 1.77. The predicted octanol–water partition coefficient (Wildman–Crippen LogP) is 2.56. The van der Waals surface area contributed by atoms with Gasteiger partial charge in [-0.3, -0.25) is 10.1 Å². The smallest absolute Gasteiger partial charge is 0.295 e. The lowest BCUT2D eigenvalue weighted by Gasteiger charge is -1.95. The van der Waals surface area contributed by atoms with Gasteiger partial charge in [0.2, 0.25) is 0 Å². The number of hydrogen-bond acceptors (Lipinski definition) is 5. The van der Waals surface area contributed by atoms with E-state index in [1.807, 2.05) is 0 Å². The third-order valence-corrected chi connectivity index (χ3v) is 3.00. The number of oxazole rings is 1. The Bertz CT molecular complexity index is 593. The number of aromatic nitrogens is 1. The summed E-state index contributed by atoms with van der Waals surface area (Å²) in [5.41, 5.74) is 1.10. The highest BCUT2D eigenvalue weighted by atomic mass is 16.6. The van der Waals surface area contributed by atoms with Gasteiger partial charge in [0.1, 0.15) is 5.52 Å². The molecule has 1 aliphatic rings. The first-order valence-corrected chi connectivity index (χ1v) is 5.45. The van der Waals surface area contributed by atoms with E-state index >= 15 is 0 Å². The average molecular weight is 233 g/mol. The molecule has 1 fully saturated rings. The van der Waals surface area contributed by atoms with Gasteiger partial charge in [-0.25, -0.2) is 0 Å². The molecule has 2 atom stereocenters. The van der Waals surface area contributed by atoms with Crippen LogP contribution in [0.15, 0.2) is 22.6 Å². The molecule has 0 aliphatic heterocycles. The summed E-state index contributed by atoms with van der Waals surface area (Å²) in [6.07, 6.45) is 1.11. The Morgan fingerprint density at radius 2 is 2.35 bits per heavy atom. The maximum Gasteiger partial charge on any atom is 0.295 e. The monoisotopic (exact) mass is 233 g/mol. The van der Waals surface area contributed by atoms with Crippen molar-refractivity contribution in [2.75, 3.05) is 5.32 Å². The van der Waals surface area contributed by atoms with E-state index < -0.39 is 4.92 Å². The molecule has 0 saturated heterocycles. The van der Waals surface area contributed by atoms with Crippen molar-refractivity contribution in [3.05, 3.63) is 28.3 Å². The fourth-order valence-electron chi connectivity index (χ4n) is 1.77. The molecule has 2 unspecified atom stereocenters. The van der Waals surface area contributed by atoms with Crippen LogP contribution in [0.4, 0.5) is 11.7 Å². The Morgan fingerprint density at radius 3 is 3.00 bits per heavy atom. The molecule has 17 heavy (non-hydrogen) atoms. The number of rotatable bonds is 3. The molecule has 3 rings (SSSR count). The molecule has 0 spiro atoms. The molecule has 1 aliphatic carbocycles. The zero-order valence-corrected chi connectivity index (χ0v) is 9.21. The zero-order chi connectivity index (χ0) is 12.0. The zero-order valence-electron chi connectivity index (χ0n) is 9.21. The minimum absolute atomic E-state index is 0.0251. The van der Waals surface area contributed by atoms with Crippen molar-refractivity contribution in [2.24, 2.45) is 5.92 Å². The van der Waals surface area contributed by atoms with Crippen LogP contribution in [0, 0.1) is 16.0 Å². The summed E-state index contributed by atoms with van der Waals surface area (Å²) >= 11 is 0. The standard InChI is InChI=1S/C11H11N3O3/c1-6-4-8(6)12-11-13-9-5-7(14(15)16)2-3-10(9)17-11/h2-3,5-6,8H,4H2,1H3,(H,12,13). The summed E-state index contributed by atoms with van der Waals surface area (Å²) in [5.74, 6) is 0.638. The van der Waals surface area contributed by atoms with Crippen LogP contribution in [0.3, 0.4) is 0 Å². The van der Waals surface area contributed by atoms with Gasteiger partial charge in [0.05, 0.1) is 4.92 Å². The van der Waals surface area contributed by atoms with Crippen LogP contribution >= 0.6 is 0 Å². The van der Waals surface area contributed by atoms with Crippen LogP contribution in [-0.2, 0) is 0 Å². The van der Waals surface area contributed by atoms with Crippen LogP contribution in [-0.4, -0.2) is 15.9 Å². The second kappa shape index (κ2) is 3.44. The number of nitrogens with zero attached hydrogens (tertiary/aromatic N) is 2. The van der Waals surface area contributed by atoms with E-state index in [4.69, 9.17) is 4.42 Å². The van der Waals surface area contributed by atoms with Crippen molar-refractivity contribution in [1.29, 1.82) is 0 Å². The van der Waals surface area contributed by atoms with Crippen molar-refractivity contribution >= 4 is 22.8 Å². The number of nitro benzene ring substituents is 1. The topological polar surface area (TPSA) is 81.2 Å². The van der Waals surface area contributed by atoms with E-state index in [1.54, 1.807) is 6.07 Å². The molecule has 6 heteroatoms. The molecule has 1 saturated carbocycles. The van der Waals surface area contributed by atoms with E-state index in [1.165, 1.54) is 12.1 Å². The summed E-state index contributed by atoms with van der Waals surface area (Å²) in [6.45, 7) is 2.14. The molecular formula is C11H11N3O3. The summed E-state index contributed by atoms with van der Waals surface area (Å²) < 4.78 is 5.46. The van der Waals surface area contributed by atoms with Crippen LogP contribution < -0.4 is 5.32 Å². The number of benzene rings is 1. The molecule has 0 amide bonds. The molecule has 0 bridgehead atoms. The van der Waals surface area contributed by atoms with Crippen LogP contribution in [0.2, 0.25) is 0 Å². The lowest BCUT2D eigenvalue weighted by Crippen LogP contribution is -2.02. The first-order valence-electron chi connectivity index (χ1n) is 5.45. The van der Waals surface area contributed by atoms with Gasteiger partial charge < -0.3 is 9.73 Å². The molecule has 1 aromatic carbocycles. The number of nitro groups is 1. The highest BCUT2D eigenvalue weighted by Gasteiger charge is 2.33. The van der Waals surface area contributed by atoms with E-state index in [9.17, 15) is 10.1 Å². The largest absolute Gasteiger partial charge is 0.424 e. The van der Waals surface area contributed by atoms with Crippen molar-refractivity contribution in [2.45, 2.75) is 19.4 Å². The molecule has 1 heterocycles. The van der Waals surface area contributed by atoms with Gasteiger partial charge in [0.25, 0.3) is 11.7 Å². The molecule has 6 nitrogen and oxygen atoms in total. The lowest BCUT2D eigenvalue weighted by atomic mass is 10.3. The summed E-state index contributed by atoms with van der Waals surface area (Å²) in [7, 11) is 0. The van der Waals surface area contributed by atoms with Gasteiger partial charge in [-0.1, -0.05) is 6.92 Å². The van der Waals surface area contributed by atoms with Crippen molar-refractivity contribution < 1.29 is 9.34 Å². The highest BCUT2D eigenvalue weighted by Crippen LogP contribution is 2.33. The van der Waals surface area contributed by atoms with Gasteiger partial charge in [-0.2, -0.15) is 4.98 Å². The van der Waals surface area contributed by atoms with E-state index in [0.717, 1.165) is 6.42 Å². The minimum atomic E-state index is -0.440. The maximum atomic E-state index is 10.6. The number of fused-ring (bicyclic) bond motifs is 1. The maximum absolute atomic E-state index is 10.6. The second-order valence-electron chi connectivity index (χ2n) is 4.39. The minimum Gasteiger partial charge on any atom is -0.424 e. The van der Waals surface area contributed by atoms with Gasteiger partial charge >= 0.3 is 0 Å². The lowest BCUT2D eigenvalue weighted by molar-refractivity contribution is -0.384. The van der Waals surface area contributed by atoms with Crippen LogP contribution in [0.5, 0.6) is 0 Å². The SMILES string of the molecule is CC1CC1Nc1nc2cc([N+](=O)[O-])ccc2o1. The number of anilines is 1. The van der Waals surface area contributed by atoms with E-state index in [2.05, 4.69) is 17.2 Å². The molecule has 0 radical (unpaired) electrons. The highest BCUT2D eigenvalue weighted by molar-refractivity contribution is 5.77. The molecule has 88 valence electrons. The Kier molecular flexibility index (Phi) is 2.04. The van der Waals surface area contributed by atoms with E-state index in [0.29, 0.717) is 29.1 Å². The van der Waals surface area contributed by atoms with Crippen molar-refractivity contribution in [3.8, 4) is 0 Å². The molecule has 1 aromatic heterocycles. The fraction of sp³-hybridized carbons (Fsp3) is 0.364. The summed E-state index contributed by atoms with van der Waals surface area (Å²) in [6, 6.07) is 5.26. The van der Waals surface area contributed by atoms with E-state index in [-0.39, 0.29) is 5.69 Å². The first kappa shape index (κ1) is 10.1. The quantitative estimate of drug-likeness (QED) is 0.650. The van der Waals surface area contributed by atoms with Crippen LogP contribution in [0.25, 0.3) is 11.1 Å². The second-order valence-corrected chi connectivity index (χ2v) is 4.39. The Balaban J connectivity index is 1.92. The van der Waals surface area contributed by atoms with Gasteiger partial charge in [0, 0.05) is 18.2 Å². The number of non-ortho nitro benzene ring substituents is 1. The normalized spacial score (nSPS) is 22.6. The van der Waals surface area contributed by atoms with Crippen molar-refractivity contribution in [1.82, 2.24) is 4.98 Å². The van der Waals surface area contributed by atoms with Crippen LogP contribution in [0.1, 0.15) is 13.3 Å². The number of nitrogens with one attached hydrogen (secondary N) is 1. The summed E-state index contributed by atoms with van der Waals surface area (Å²) in [4.78, 5) is 14.4. The first-order chi connectivity index (χ1) is 8.13. The molecule has 1 N–H and O–H groups in total. The van der Waals surface area contributed by atoms with Gasteiger partial charge in [0.15, 0.2) is 5.58 Å². The number of hydrogen-bond donors (Lipinski definition) is 1. The Labute approximate surface area is 96.8 Å². The molecular weight excluding hydrogens is 222 g/mol. The predicted molar refractivity (Wildman–Crippen MR) is 61.9 cm³/mol. The van der Waals surface area contributed by atoms with Gasteiger partial charge in [-0.15, -0.1) is 0 Å². The Morgan fingerprint density at radius 1 is 1.59 bits per heavy atom. The third-order valence-electron chi connectivity index (χ3n) is 3.00. The summed E-state index contributed by atoms with van der Waals surface area (Å²) in [5, 5.41) is 13.8. The molecule has 2 aromatic rings. The third kappa shape index (κ3) is 1.82. The van der Waals surface area contributed by atoms with Crippen molar-refractivity contribution in [3.63, 3.8) is 0 Å². The van der Waals surface area contributed by atoms with Gasteiger partial charge in [-0.05, 0) is 18.4 Å². The average Bonchev–Trinajstić information content (AvgIpc) is 2.83. The Hall–Kier alpha value is -2.11.